The maximum Gasteiger partial charge on any atom is 0.302 e. The van der Waals surface area contributed by atoms with Crippen LogP contribution in [0.15, 0.2) is 17.9 Å². The number of esters is 1. The monoisotopic (exact) mass is 224 g/mol. The third kappa shape index (κ3) is 13.0. The van der Waals surface area contributed by atoms with E-state index in [4.69, 9.17) is 4.74 Å². The van der Waals surface area contributed by atoms with Crippen LogP contribution in [0.3, 0.4) is 0 Å². The Bertz CT molecular complexity index is 225. The van der Waals surface area contributed by atoms with Crippen molar-refractivity contribution in [3.05, 3.63) is 17.9 Å². The van der Waals surface area contributed by atoms with E-state index in [1.807, 2.05) is 0 Å². The van der Waals surface area contributed by atoms with E-state index in [2.05, 4.69) is 24.8 Å². The fraction of sp³-hybridized carbons (Fsp3) is 0.714. The van der Waals surface area contributed by atoms with Crippen LogP contribution in [0.4, 0.5) is 0 Å². The predicted molar refractivity (Wildman–Crippen MR) is 67.3 cm³/mol. The van der Waals surface area contributed by atoms with E-state index in [1.54, 1.807) is 0 Å². The second-order valence-electron chi connectivity index (χ2n) is 3.91. The molecule has 0 saturated carbocycles. The fourth-order valence-corrected chi connectivity index (χ4v) is 1.31. The van der Waals surface area contributed by atoms with Crippen LogP contribution < -0.4 is 0 Å². The van der Waals surface area contributed by atoms with E-state index < -0.39 is 0 Å². The van der Waals surface area contributed by atoms with Crippen LogP contribution in [-0.4, -0.2) is 12.6 Å². The Kier molecular flexibility index (Phi) is 11.3. The number of allylic oxidation sites excluding steroid dienone is 1. The first-order valence-corrected chi connectivity index (χ1v) is 6.30. The quantitative estimate of drug-likeness (QED) is 0.336. The zero-order valence-electron chi connectivity index (χ0n) is 10.6. The van der Waals surface area contributed by atoms with E-state index in [-0.39, 0.29) is 5.97 Å². The Hall–Kier alpha value is -1.01. The highest BCUT2D eigenvalue weighted by molar-refractivity contribution is 5.65. The Balaban J connectivity index is 3.15. The van der Waals surface area contributed by atoms with Crippen LogP contribution >= 0.6 is 0 Å². The van der Waals surface area contributed by atoms with Gasteiger partial charge in [0.15, 0.2) is 0 Å². The van der Waals surface area contributed by atoms with Gasteiger partial charge in [-0.15, -0.1) is 5.73 Å². The van der Waals surface area contributed by atoms with Crippen LogP contribution in [0.25, 0.3) is 0 Å². The summed E-state index contributed by atoms with van der Waals surface area (Å²) in [6, 6.07) is 0. The Morgan fingerprint density at radius 1 is 1.12 bits per heavy atom. The van der Waals surface area contributed by atoms with Crippen molar-refractivity contribution in [1.82, 2.24) is 0 Å². The first kappa shape index (κ1) is 15.0. The number of rotatable bonds is 9. The summed E-state index contributed by atoms with van der Waals surface area (Å²) in [6.45, 7) is 4.19. The van der Waals surface area contributed by atoms with Crippen molar-refractivity contribution in [3.8, 4) is 0 Å². The van der Waals surface area contributed by atoms with Crippen LogP contribution in [0.2, 0.25) is 0 Å². The molecule has 0 N–H and O–H groups in total. The molecule has 0 unspecified atom stereocenters. The zero-order valence-corrected chi connectivity index (χ0v) is 10.6. The molecule has 0 aromatic rings. The molecule has 0 radical (unpaired) electrons. The third-order valence-corrected chi connectivity index (χ3v) is 2.22. The second kappa shape index (κ2) is 12.1. The summed E-state index contributed by atoms with van der Waals surface area (Å²) in [5.74, 6) is -0.177. The molecule has 16 heavy (non-hydrogen) atoms. The summed E-state index contributed by atoms with van der Waals surface area (Å²) >= 11 is 0. The minimum atomic E-state index is -0.177. The van der Waals surface area contributed by atoms with Crippen molar-refractivity contribution >= 4 is 5.97 Å². The molecule has 2 nitrogen and oxygen atoms in total. The van der Waals surface area contributed by atoms with Gasteiger partial charge in [-0.3, -0.25) is 4.79 Å². The first-order chi connectivity index (χ1) is 7.77. The SMILES string of the molecule is CCCC=C=CCCCCCCOC(C)=O. The van der Waals surface area contributed by atoms with Gasteiger partial charge in [0.05, 0.1) is 6.61 Å². The minimum Gasteiger partial charge on any atom is -0.466 e. The lowest BCUT2D eigenvalue weighted by molar-refractivity contribution is -0.141. The number of hydrogen-bond acceptors (Lipinski definition) is 2. The van der Waals surface area contributed by atoms with Gasteiger partial charge in [-0.05, 0) is 37.8 Å². The van der Waals surface area contributed by atoms with Gasteiger partial charge in [0, 0.05) is 6.92 Å². The van der Waals surface area contributed by atoms with E-state index >= 15 is 0 Å². The molecule has 0 fully saturated rings. The summed E-state index contributed by atoms with van der Waals surface area (Å²) in [5.41, 5.74) is 3.18. The van der Waals surface area contributed by atoms with Crippen LogP contribution in [0.1, 0.15) is 58.8 Å². The summed E-state index contributed by atoms with van der Waals surface area (Å²) in [5, 5.41) is 0. The van der Waals surface area contributed by atoms with Crippen LogP contribution in [-0.2, 0) is 9.53 Å². The van der Waals surface area contributed by atoms with Gasteiger partial charge in [-0.2, -0.15) is 0 Å². The molecule has 2 heteroatoms. The number of carbonyl (C=O) groups is 1. The molecular formula is C14H24O2. The highest BCUT2D eigenvalue weighted by Crippen LogP contribution is 2.03. The van der Waals surface area contributed by atoms with Crippen LogP contribution in [0, 0.1) is 0 Å². The van der Waals surface area contributed by atoms with Gasteiger partial charge in [0.25, 0.3) is 0 Å². The van der Waals surface area contributed by atoms with Gasteiger partial charge in [-0.25, -0.2) is 0 Å². The lowest BCUT2D eigenvalue weighted by atomic mass is 10.1. The van der Waals surface area contributed by atoms with Crippen molar-refractivity contribution in [2.45, 2.75) is 58.8 Å². The first-order valence-electron chi connectivity index (χ1n) is 6.30. The predicted octanol–water partition coefficient (Wildman–Crippen LogP) is 4.01. The molecular weight excluding hydrogens is 200 g/mol. The molecule has 0 amide bonds. The average molecular weight is 224 g/mol. The smallest absolute Gasteiger partial charge is 0.302 e. The van der Waals surface area contributed by atoms with Crippen LogP contribution in [0.5, 0.6) is 0 Å². The van der Waals surface area contributed by atoms with Gasteiger partial charge in [0.2, 0.25) is 0 Å². The molecule has 0 bridgehead atoms. The highest BCUT2D eigenvalue weighted by atomic mass is 16.5. The number of carbonyl (C=O) groups excluding carboxylic acids is 1. The van der Waals surface area contributed by atoms with Gasteiger partial charge in [-0.1, -0.05) is 26.2 Å². The Morgan fingerprint density at radius 3 is 2.50 bits per heavy atom. The largest absolute Gasteiger partial charge is 0.466 e. The lowest BCUT2D eigenvalue weighted by Gasteiger charge is -2.00. The van der Waals surface area contributed by atoms with Crippen molar-refractivity contribution in [2.24, 2.45) is 0 Å². The molecule has 0 aromatic carbocycles. The summed E-state index contributed by atoms with van der Waals surface area (Å²) in [7, 11) is 0. The van der Waals surface area contributed by atoms with E-state index in [0.29, 0.717) is 6.61 Å². The van der Waals surface area contributed by atoms with Crippen molar-refractivity contribution in [1.29, 1.82) is 0 Å². The standard InChI is InChI=1S/C14H24O2/c1-3-4-5-6-7-8-9-10-11-12-13-16-14(2)15/h5,7H,3-4,8-13H2,1-2H3. The van der Waals surface area contributed by atoms with Crippen molar-refractivity contribution < 1.29 is 9.53 Å². The van der Waals surface area contributed by atoms with Crippen molar-refractivity contribution in [3.63, 3.8) is 0 Å². The summed E-state index contributed by atoms with van der Waals surface area (Å²) in [4.78, 5) is 10.5. The minimum absolute atomic E-state index is 0.177. The zero-order chi connectivity index (χ0) is 12.1. The number of ether oxygens (including phenoxy) is 1. The van der Waals surface area contributed by atoms with E-state index in [0.717, 1.165) is 25.7 Å². The Morgan fingerprint density at radius 2 is 1.81 bits per heavy atom. The maximum absolute atomic E-state index is 10.5. The molecule has 0 rings (SSSR count). The molecule has 0 aliphatic heterocycles. The molecule has 0 aliphatic rings. The van der Waals surface area contributed by atoms with Gasteiger partial charge < -0.3 is 4.74 Å². The molecule has 0 aromatic heterocycles. The number of unbranched alkanes of at least 4 members (excludes halogenated alkanes) is 5. The fourth-order valence-electron chi connectivity index (χ4n) is 1.31. The normalized spacial score (nSPS) is 9.38. The van der Waals surface area contributed by atoms with Gasteiger partial charge >= 0.3 is 5.97 Å². The topological polar surface area (TPSA) is 26.3 Å². The maximum atomic E-state index is 10.5. The van der Waals surface area contributed by atoms with E-state index in [9.17, 15) is 4.79 Å². The van der Waals surface area contributed by atoms with E-state index in [1.165, 1.54) is 26.2 Å². The molecule has 92 valence electrons. The average Bonchev–Trinajstić information content (AvgIpc) is 2.25. The van der Waals surface area contributed by atoms with Gasteiger partial charge in [0.1, 0.15) is 0 Å². The van der Waals surface area contributed by atoms with Crippen molar-refractivity contribution in [2.75, 3.05) is 6.61 Å². The molecule has 0 aliphatic carbocycles. The molecule has 0 atom stereocenters. The number of hydrogen-bond donors (Lipinski definition) is 0. The third-order valence-electron chi connectivity index (χ3n) is 2.22. The molecule has 0 spiro atoms. The molecule has 0 heterocycles. The summed E-state index contributed by atoms with van der Waals surface area (Å²) in [6.07, 6.45) is 12.2. The summed E-state index contributed by atoms with van der Waals surface area (Å²) < 4.78 is 4.85. The Labute approximate surface area is 99.4 Å². The second-order valence-corrected chi connectivity index (χ2v) is 3.91. The lowest BCUT2D eigenvalue weighted by Crippen LogP contribution is -1.99. The molecule has 0 saturated heterocycles. The highest BCUT2D eigenvalue weighted by Gasteiger charge is 1.92.